The summed E-state index contributed by atoms with van der Waals surface area (Å²) in [4.78, 5) is 0.936. The zero-order chi connectivity index (χ0) is 13.0. The molecule has 0 aliphatic carbocycles. The van der Waals surface area contributed by atoms with E-state index in [0.29, 0.717) is 0 Å². The Bertz CT molecular complexity index is 480. The molecule has 2 aromatic rings. The van der Waals surface area contributed by atoms with Crippen molar-refractivity contribution in [2.45, 2.75) is 12.8 Å². The summed E-state index contributed by atoms with van der Waals surface area (Å²) in [5, 5.41) is 18.4. The molecule has 0 heterocycles. The molecule has 0 aromatic heterocycles. The van der Waals surface area contributed by atoms with Crippen molar-refractivity contribution in [1.82, 2.24) is 0 Å². The van der Waals surface area contributed by atoms with Gasteiger partial charge in [-0.3, -0.25) is 0 Å². The average molecular weight is 258 g/mol. The Morgan fingerprint density at radius 2 is 1.06 bits per heavy atom. The number of hydrogen-bond acceptors (Lipinski definition) is 3. The van der Waals surface area contributed by atoms with Crippen molar-refractivity contribution < 1.29 is 10.2 Å². The molecular formula is C15H14O2S. The van der Waals surface area contributed by atoms with Crippen LogP contribution in [-0.4, -0.2) is 15.1 Å². The van der Waals surface area contributed by atoms with Gasteiger partial charge in [-0.2, -0.15) is 0 Å². The van der Waals surface area contributed by atoms with Crippen LogP contribution in [0.2, 0.25) is 0 Å². The number of hydrogen-bond donors (Lipinski definition) is 2. The van der Waals surface area contributed by atoms with Crippen LogP contribution in [0.5, 0.6) is 11.5 Å². The first-order chi connectivity index (χ1) is 8.63. The lowest BCUT2D eigenvalue weighted by molar-refractivity contribution is 0.474. The summed E-state index contributed by atoms with van der Waals surface area (Å²) in [5.41, 5.74) is 2.19. The van der Waals surface area contributed by atoms with E-state index in [1.807, 2.05) is 24.3 Å². The molecule has 2 nitrogen and oxygen atoms in total. The highest BCUT2D eigenvalue weighted by Crippen LogP contribution is 2.14. The van der Waals surface area contributed by atoms with Crippen LogP contribution in [0.1, 0.15) is 11.1 Å². The maximum atomic E-state index is 9.20. The molecule has 0 spiro atoms. The molecule has 0 saturated heterocycles. The Labute approximate surface area is 112 Å². The summed E-state index contributed by atoms with van der Waals surface area (Å²) in [6, 6.07) is 14.2. The molecule has 2 N–H and O–H groups in total. The maximum Gasteiger partial charge on any atom is 0.115 e. The van der Waals surface area contributed by atoms with Gasteiger partial charge in [0.05, 0.1) is 0 Å². The third kappa shape index (κ3) is 3.57. The lowest BCUT2D eigenvalue weighted by Gasteiger charge is -2.05. The third-order valence-electron chi connectivity index (χ3n) is 2.68. The van der Waals surface area contributed by atoms with Crippen molar-refractivity contribution >= 4 is 17.1 Å². The molecule has 0 bridgehead atoms. The van der Waals surface area contributed by atoms with E-state index in [-0.39, 0.29) is 11.5 Å². The minimum absolute atomic E-state index is 0.267. The van der Waals surface area contributed by atoms with Crippen LogP contribution in [-0.2, 0) is 12.8 Å². The number of thiocarbonyl (C=S) groups is 1. The molecule has 0 aliphatic heterocycles. The molecular weight excluding hydrogens is 244 g/mol. The highest BCUT2D eigenvalue weighted by molar-refractivity contribution is 7.80. The molecule has 18 heavy (non-hydrogen) atoms. The van der Waals surface area contributed by atoms with E-state index in [1.54, 1.807) is 24.3 Å². The van der Waals surface area contributed by atoms with Gasteiger partial charge >= 0.3 is 0 Å². The smallest absolute Gasteiger partial charge is 0.115 e. The van der Waals surface area contributed by atoms with Crippen LogP contribution in [0, 0.1) is 0 Å². The minimum Gasteiger partial charge on any atom is -0.508 e. The predicted octanol–water partition coefficient (Wildman–Crippen LogP) is 3.25. The van der Waals surface area contributed by atoms with E-state index < -0.39 is 0 Å². The quantitative estimate of drug-likeness (QED) is 0.827. The molecule has 2 aromatic carbocycles. The highest BCUT2D eigenvalue weighted by atomic mass is 32.1. The number of aromatic hydroxyl groups is 2. The first-order valence-corrected chi connectivity index (χ1v) is 6.12. The maximum absolute atomic E-state index is 9.20. The number of phenols is 2. The van der Waals surface area contributed by atoms with Crippen molar-refractivity contribution in [3.05, 3.63) is 59.7 Å². The average Bonchev–Trinajstić information content (AvgIpc) is 2.35. The summed E-state index contributed by atoms with van der Waals surface area (Å²) >= 11 is 5.36. The third-order valence-corrected chi connectivity index (χ3v) is 2.96. The molecule has 0 amide bonds. The summed E-state index contributed by atoms with van der Waals surface area (Å²) in [6.45, 7) is 0. The standard InChI is InChI=1S/C15H14O2S/c16-13-5-1-11(2-6-13)9-15(18)10-12-3-7-14(17)8-4-12/h1-8,16-17H,9-10H2. The second kappa shape index (κ2) is 5.65. The molecule has 0 aliphatic rings. The van der Waals surface area contributed by atoms with E-state index >= 15 is 0 Å². The van der Waals surface area contributed by atoms with Crippen LogP contribution in [0.4, 0.5) is 0 Å². The Kier molecular flexibility index (Phi) is 3.95. The van der Waals surface area contributed by atoms with Gasteiger partial charge in [-0.1, -0.05) is 36.5 Å². The SMILES string of the molecule is Oc1ccc(CC(=S)Cc2ccc(O)cc2)cc1. The molecule has 0 radical (unpaired) electrons. The Balaban J connectivity index is 1.96. The van der Waals surface area contributed by atoms with Crippen LogP contribution < -0.4 is 0 Å². The van der Waals surface area contributed by atoms with Gasteiger partial charge in [-0.05, 0) is 35.4 Å². The van der Waals surface area contributed by atoms with Gasteiger partial charge in [0.25, 0.3) is 0 Å². The highest BCUT2D eigenvalue weighted by Gasteiger charge is 2.02. The van der Waals surface area contributed by atoms with E-state index in [1.165, 1.54) is 0 Å². The van der Waals surface area contributed by atoms with Crippen molar-refractivity contribution in [1.29, 1.82) is 0 Å². The van der Waals surface area contributed by atoms with Crippen LogP contribution in [0.15, 0.2) is 48.5 Å². The Morgan fingerprint density at radius 3 is 1.39 bits per heavy atom. The molecule has 0 unspecified atom stereocenters. The van der Waals surface area contributed by atoms with Crippen molar-refractivity contribution in [3.8, 4) is 11.5 Å². The molecule has 3 heteroatoms. The first kappa shape index (κ1) is 12.6. The molecule has 2 rings (SSSR count). The summed E-state index contributed by atoms with van der Waals surface area (Å²) in [5.74, 6) is 0.534. The van der Waals surface area contributed by atoms with Crippen molar-refractivity contribution in [2.75, 3.05) is 0 Å². The first-order valence-electron chi connectivity index (χ1n) is 5.71. The van der Waals surface area contributed by atoms with Gasteiger partial charge < -0.3 is 10.2 Å². The Morgan fingerprint density at radius 1 is 0.722 bits per heavy atom. The fraction of sp³-hybridized carbons (Fsp3) is 0.133. The van der Waals surface area contributed by atoms with Crippen molar-refractivity contribution in [3.63, 3.8) is 0 Å². The van der Waals surface area contributed by atoms with E-state index in [9.17, 15) is 10.2 Å². The fourth-order valence-electron chi connectivity index (χ4n) is 1.75. The molecule has 92 valence electrons. The predicted molar refractivity (Wildman–Crippen MR) is 76.2 cm³/mol. The topological polar surface area (TPSA) is 40.5 Å². The normalized spacial score (nSPS) is 10.2. The van der Waals surface area contributed by atoms with Gasteiger partial charge in [0.2, 0.25) is 0 Å². The van der Waals surface area contributed by atoms with Gasteiger partial charge in [-0.15, -0.1) is 0 Å². The monoisotopic (exact) mass is 258 g/mol. The lowest BCUT2D eigenvalue weighted by atomic mass is 10.0. The second-order valence-electron chi connectivity index (χ2n) is 4.23. The zero-order valence-corrected chi connectivity index (χ0v) is 10.7. The second-order valence-corrected chi connectivity index (χ2v) is 4.80. The van der Waals surface area contributed by atoms with E-state index in [2.05, 4.69) is 0 Å². The van der Waals surface area contributed by atoms with Crippen molar-refractivity contribution in [2.24, 2.45) is 0 Å². The summed E-state index contributed by atoms with van der Waals surface area (Å²) in [6.07, 6.45) is 1.44. The number of phenolic OH excluding ortho intramolecular Hbond substituents is 2. The molecule has 0 saturated carbocycles. The van der Waals surface area contributed by atoms with Gasteiger partial charge in [0, 0.05) is 17.7 Å². The lowest BCUT2D eigenvalue weighted by Crippen LogP contribution is -2.03. The van der Waals surface area contributed by atoms with Crippen LogP contribution in [0.3, 0.4) is 0 Å². The van der Waals surface area contributed by atoms with E-state index in [0.717, 1.165) is 28.8 Å². The number of benzene rings is 2. The van der Waals surface area contributed by atoms with Crippen LogP contribution in [0.25, 0.3) is 0 Å². The van der Waals surface area contributed by atoms with Gasteiger partial charge in [-0.25, -0.2) is 0 Å². The fourth-order valence-corrected chi connectivity index (χ4v) is 2.08. The summed E-state index contributed by atoms with van der Waals surface area (Å²) in [7, 11) is 0. The molecule has 0 atom stereocenters. The Hall–Kier alpha value is -1.87. The van der Waals surface area contributed by atoms with Crippen LogP contribution >= 0.6 is 12.2 Å². The minimum atomic E-state index is 0.267. The van der Waals surface area contributed by atoms with E-state index in [4.69, 9.17) is 12.2 Å². The largest absolute Gasteiger partial charge is 0.508 e. The molecule has 0 fully saturated rings. The number of rotatable bonds is 4. The summed E-state index contributed by atoms with van der Waals surface area (Å²) < 4.78 is 0. The van der Waals surface area contributed by atoms with Gasteiger partial charge in [0.1, 0.15) is 11.5 Å². The zero-order valence-electron chi connectivity index (χ0n) is 9.84. The van der Waals surface area contributed by atoms with Gasteiger partial charge in [0.15, 0.2) is 0 Å².